The minimum absolute atomic E-state index is 0.0829. The van der Waals surface area contributed by atoms with E-state index >= 15 is 0 Å². The summed E-state index contributed by atoms with van der Waals surface area (Å²) in [7, 11) is 0. The first-order valence-corrected chi connectivity index (χ1v) is 8.58. The number of hydrogen-bond acceptors (Lipinski definition) is 4. The Hall–Kier alpha value is -1.82. The van der Waals surface area contributed by atoms with Crippen LogP contribution in [0.25, 0.3) is 0 Å². The molecule has 5 nitrogen and oxygen atoms in total. The van der Waals surface area contributed by atoms with Crippen LogP contribution in [-0.4, -0.2) is 33.4 Å². The summed E-state index contributed by atoms with van der Waals surface area (Å²) < 4.78 is 0. The number of nitrogens with one attached hydrogen (secondary N) is 1. The minimum Gasteiger partial charge on any atom is -0.312 e. The van der Waals surface area contributed by atoms with E-state index in [1.165, 1.54) is 24.6 Å². The summed E-state index contributed by atoms with van der Waals surface area (Å²) >= 11 is 1.39. The summed E-state index contributed by atoms with van der Waals surface area (Å²) in [6.07, 6.45) is 2.38. The average molecular weight is 316 g/mol. The standard InChI is InChI=1S/C16H20N4OS/c1-3-20(13-7-5-4-6-11(13)2)14(21)10-22-16-17-15(18-19-16)12-8-9-12/h4-7,12H,3,8-10H2,1-2H3,(H,17,18,19). The van der Waals surface area contributed by atoms with Gasteiger partial charge < -0.3 is 4.90 Å². The molecule has 1 aliphatic rings. The van der Waals surface area contributed by atoms with Crippen molar-refractivity contribution in [1.29, 1.82) is 0 Å². The zero-order chi connectivity index (χ0) is 15.5. The summed E-state index contributed by atoms with van der Waals surface area (Å²) in [5, 5.41) is 7.81. The third-order valence-corrected chi connectivity index (χ3v) is 4.63. The number of carbonyl (C=O) groups excluding carboxylic acids is 1. The van der Waals surface area contributed by atoms with Gasteiger partial charge in [0, 0.05) is 18.2 Å². The number of para-hydroxylation sites is 1. The van der Waals surface area contributed by atoms with Crippen molar-refractivity contribution in [3.63, 3.8) is 0 Å². The van der Waals surface area contributed by atoms with Gasteiger partial charge in [-0.15, -0.1) is 5.10 Å². The molecule has 1 saturated carbocycles. The van der Waals surface area contributed by atoms with Gasteiger partial charge in [-0.2, -0.15) is 0 Å². The predicted octanol–water partition coefficient (Wildman–Crippen LogP) is 3.14. The monoisotopic (exact) mass is 316 g/mol. The van der Waals surface area contributed by atoms with E-state index in [-0.39, 0.29) is 5.91 Å². The van der Waals surface area contributed by atoms with Crippen molar-refractivity contribution in [2.45, 2.75) is 37.8 Å². The second-order valence-electron chi connectivity index (χ2n) is 5.49. The lowest BCUT2D eigenvalue weighted by molar-refractivity contribution is -0.116. The van der Waals surface area contributed by atoms with Crippen LogP contribution < -0.4 is 4.90 Å². The van der Waals surface area contributed by atoms with E-state index in [4.69, 9.17) is 0 Å². The third kappa shape index (κ3) is 3.32. The molecule has 22 heavy (non-hydrogen) atoms. The Bertz CT molecular complexity index is 666. The largest absolute Gasteiger partial charge is 0.312 e. The van der Waals surface area contributed by atoms with Crippen LogP contribution in [0.5, 0.6) is 0 Å². The van der Waals surface area contributed by atoms with Gasteiger partial charge >= 0.3 is 0 Å². The number of thioether (sulfide) groups is 1. The quantitative estimate of drug-likeness (QED) is 0.832. The Kier molecular flexibility index (Phi) is 4.47. The van der Waals surface area contributed by atoms with Crippen molar-refractivity contribution in [1.82, 2.24) is 15.2 Å². The lowest BCUT2D eigenvalue weighted by Gasteiger charge is -2.22. The lowest BCUT2D eigenvalue weighted by atomic mass is 10.2. The first-order valence-electron chi connectivity index (χ1n) is 7.60. The Balaban J connectivity index is 1.63. The van der Waals surface area contributed by atoms with E-state index in [2.05, 4.69) is 15.2 Å². The molecule has 1 aromatic heterocycles. The van der Waals surface area contributed by atoms with E-state index in [1.807, 2.05) is 43.0 Å². The highest BCUT2D eigenvalue weighted by molar-refractivity contribution is 7.99. The molecule has 116 valence electrons. The van der Waals surface area contributed by atoms with Gasteiger partial charge in [0.05, 0.1) is 5.75 Å². The van der Waals surface area contributed by atoms with Crippen LogP contribution in [0.15, 0.2) is 29.4 Å². The normalized spacial score (nSPS) is 14.1. The van der Waals surface area contributed by atoms with Gasteiger partial charge in [-0.05, 0) is 38.3 Å². The van der Waals surface area contributed by atoms with Gasteiger partial charge in [0.2, 0.25) is 11.1 Å². The zero-order valence-corrected chi connectivity index (χ0v) is 13.7. The molecule has 3 rings (SSSR count). The molecule has 2 aromatic rings. The van der Waals surface area contributed by atoms with Crippen LogP contribution in [-0.2, 0) is 4.79 Å². The van der Waals surface area contributed by atoms with Crippen LogP contribution in [0.1, 0.15) is 37.1 Å². The Morgan fingerprint density at radius 1 is 1.41 bits per heavy atom. The molecule has 1 heterocycles. The van der Waals surface area contributed by atoms with E-state index in [9.17, 15) is 4.79 Å². The molecule has 1 N–H and O–H groups in total. The molecule has 1 aromatic carbocycles. The third-order valence-electron chi connectivity index (χ3n) is 3.79. The van der Waals surface area contributed by atoms with E-state index in [0.717, 1.165) is 17.1 Å². The molecular formula is C16H20N4OS. The fourth-order valence-electron chi connectivity index (χ4n) is 2.41. The number of anilines is 1. The topological polar surface area (TPSA) is 61.9 Å². The molecule has 0 saturated heterocycles. The predicted molar refractivity (Wildman–Crippen MR) is 88.3 cm³/mol. The summed E-state index contributed by atoms with van der Waals surface area (Å²) in [5.74, 6) is 1.95. The van der Waals surface area contributed by atoms with E-state index in [0.29, 0.717) is 23.4 Å². The van der Waals surface area contributed by atoms with Crippen molar-refractivity contribution in [3.8, 4) is 0 Å². The minimum atomic E-state index is 0.0829. The number of hydrogen-bond donors (Lipinski definition) is 1. The van der Waals surface area contributed by atoms with E-state index in [1.54, 1.807) is 0 Å². The Morgan fingerprint density at radius 3 is 2.86 bits per heavy atom. The Morgan fingerprint density at radius 2 is 2.18 bits per heavy atom. The smallest absolute Gasteiger partial charge is 0.237 e. The van der Waals surface area contributed by atoms with Crippen molar-refractivity contribution >= 4 is 23.4 Å². The van der Waals surface area contributed by atoms with Crippen molar-refractivity contribution in [2.24, 2.45) is 0 Å². The number of nitrogens with zero attached hydrogens (tertiary/aromatic N) is 3. The zero-order valence-electron chi connectivity index (χ0n) is 12.9. The summed E-state index contributed by atoms with van der Waals surface area (Å²) in [4.78, 5) is 18.8. The van der Waals surface area contributed by atoms with Crippen molar-refractivity contribution in [2.75, 3.05) is 17.2 Å². The van der Waals surface area contributed by atoms with Gasteiger partial charge in [0.1, 0.15) is 5.82 Å². The fraction of sp³-hybridized carbons (Fsp3) is 0.438. The first kappa shape index (κ1) is 15.1. The fourth-order valence-corrected chi connectivity index (χ4v) is 3.10. The van der Waals surface area contributed by atoms with Crippen LogP contribution in [0.2, 0.25) is 0 Å². The maximum atomic E-state index is 12.5. The molecule has 0 atom stereocenters. The molecule has 0 bridgehead atoms. The highest BCUT2D eigenvalue weighted by atomic mass is 32.2. The second kappa shape index (κ2) is 6.52. The number of aromatic nitrogens is 3. The van der Waals surface area contributed by atoms with Crippen molar-refractivity contribution in [3.05, 3.63) is 35.7 Å². The number of rotatable bonds is 6. The molecule has 1 fully saturated rings. The number of benzene rings is 1. The van der Waals surface area contributed by atoms with Crippen LogP contribution in [0.3, 0.4) is 0 Å². The second-order valence-corrected chi connectivity index (χ2v) is 6.43. The lowest BCUT2D eigenvalue weighted by Crippen LogP contribution is -2.32. The van der Waals surface area contributed by atoms with E-state index < -0.39 is 0 Å². The van der Waals surface area contributed by atoms with Crippen LogP contribution in [0.4, 0.5) is 5.69 Å². The van der Waals surface area contributed by atoms with Gasteiger partial charge in [0.15, 0.2) is 0 Å². The maximum absolute atomic E-state index is 12.5. The van der Waals surface area contributed by atoms with Gasteiger partial charge in [-0.3, -0.25) is 9.89 Å². The van der Waals surface area contributed by atoms with Gasteiger partial charge in [-0.25, -0.2) is 4.98 Å². The number of carbonyl (C=O) groups is 1. The number of amides is 1. The molecule has 0 aliphatic heterocycles. The molecule has 6 heteroatoms. The molecular weight excluding hydrogens is 296 g/mol. The summed E-state index contributed by atoms with van der Waals surface area (Å²) in [5.41, 5.74) is 2.08. The number of aromatic amines is 1. The van der Waals surface area contributed by atoms with Crippen LogP contribution in [0, 0.1) is 6.92 Å². The highest BCUT2D eigenvalue weighted by Gasteiger charge is 2.27. The van der Waals surface area contributed by atoms with Gasteiger partial charge in [0.25, 0.3) is 0 Å². The molecule has 1 amide bonds. The molecule has 0 radical (unpaired) electrons. The first-order chi connectivity index (χ1) is 10.7. The molecule has 0 unspecified atom stereocenters. The number of H-pyrrole nitrogens is 1. The molecule has 0 spiro atoms. The van der Waals surface area contributed by atoms with Crippen LogP contribution >= 0.6 is 11.8 Å². The summed E-state index contributed by atoms with van der Waals surface area (Å²) in [6.45, 7) is 4.67. The Labute approximate surface area is 134 Å². The average Bonchev–Trinajstić information content (AvgIpc) is 3.27. The highest BCUT2D eigenvalue weighted by Crippen LogP contribution is 2.38. The van der Waals surface area contributed by atoms with Crippen molar-refractivity contribution < 1.29 is 4.79 Å². The summed E-state index contributed by atoms with van der Waals surface area (Å²) in [6, 6.07) is 7.95. The molecule has 1 aliphatic carbocycles. The number of aryl methyl sites for hydroxylation is 1. The SMILES string of the molecule is CCN(C(=O)CSc1n[nH]c(C2CC2)n1)c1ccccc1C. The maximum Gasteiger partial charge on any atom is 0.237 e. The van der Waals surface area contributed by atoms with Gasteiger partial charge in [-0.1, -0.05) is 30.0 Å².